The quantitative estimate of drug-likeness (QED) is 0.867. The number of likely N-dealkylation sites (tertiary alicyclic amines) is 1. The fraction of sp³-hybridized carbons (Fsp3) is 0.500. The molecule has 0 aromatic heterocycles. The van der Waals surface area contributed by atoms with E-state index in [0.29, 0.717) is 6.42 Å². The summed E-state index contributed by atoms with van der Waals surface area (Å²) in [4.78, 5) is 14.1. The van der Waals surface area contributed by atoms with Gasteiger partial charge in [-0.05, 0) is 24.8 Å². The molecule has 1 heterocycles. The van der Waals surface area contributed by atoms with Crippen molar-refractivity contribution in [1.82, 2.24) is 4.90 Å². The highest BCUT2D eigenvalue weighted by atomic mass is 16.2. The van der Waals surface area contributed by atoms with Crippen LogP contribution >= 0.6 is 0 Å². The Balaban J connectivity index is 2.15. The zero-order valence-electron chi connectivity index (χ0n) is 10.3. The largest absolute Gasteiger partial charge is 0.334 e. The van der Waals surface area contributed by atoms with Crippen molar-refractivity contribution in [2.75, 3.05) is 6.54 Å². The first kappa shape index (κ1) is 12.1. The molecule has 1 amide bonds. The third-order valence-electron chi connectivity index (χ3n) is 3.48. The fourth-order valence-electron chi connectivity index (χ4n) is 2.44. The average Bonchev–Trinajstić information content (AvgIpc) is 2.87. The molecule has 0 bridgehead atoms. The summed E-state index contributed by atoms with van der Waals surface area (Å²) < 4.78 is 0. The molecular weight excluding hydrogens is 212 g/mol. The monoisotopic (exact) mass is 232 g/mol. The van der Waals surface area contributed by atoms with Gasteiger partial charge in [0.15, 0.2) is 0 Å². The zero-order chi connectivity index (χ0) is 12.3. The van der Waals surface area contributed by atoms with E-state index in [1.165, 1.54) is 5.56 Å². The van der Waals surface area contributed by atoms with Crippen molar-refractivity contribution in [2.45, 2.75) is 38.3 Å². The van der Waals surface area contributed by atoms with Crippen LogP contribution < -0.4 is 5.73 Å². The van der Waals surface area contributed by atoms with Crippen LogP contribution in [0.3, 0.4) is 0 Å². The average molecular weight is 232 g/mol. The highest BCUT2D eigenvalue weighted by molar-refractivity contribution is 5.82. The van der Waals surface area contributed by atoms with Gasteiger partial charge in [0, 0.05) is 6.54 Å². The summed E-state index contributed by atoms with van der Waals surface area (Å²) in [6.45, 7) is 2.79. The van der Waals surface area contributed by atoms with Gasteiger partial charge < -0.3 is 10.6 Å². The predicted octanol–water partition coefficient (Wildman–Crippen LogP) is 2.09. The van der Waals surface area contributed by atoms with Crippen LogP contribution in [0.1, 0.15) is 37.8 Å². The van der Waals surface area contributed by atoms with Gasteiger partial charge in [0.05, 0.1) is 12.1 Å². The summed E-state index contributed by atoms with van der Waals surface area (Å²) >= 11 is 0. The SMILES string of the molecule is CC[C@@H](N)C(=O)N1CCCC1c1ccccc1. The van der Waals surface area contributed by atoms with Gasteiger partial charge >= 0.3 is 0 Å². The van der Waals surface area contributed by atoms with Crippen molar-refractivity contribution < 1.29 is 4.79 Å². The molecule has 1 fully saturated rings. The molecule has 0 radical (unpaired) electrons. The van der Waals surface area contributed by atoms with Crippen LogP contribution in [-0.4, -0.2) is 23.4 Å². The summed E-state index contributed by atoms with van der Waals surface area (Å²) in [7, 11) is 0. The van der Waals surface area contributed by atoms with E-state index in [4.69, 9.17) is 5.73 Å². The van der Waals surface area contributed by atoms with E-state index in [0.717, 1.165) is 19.4 Å². The molecule has 1 aliphatic heterocycles. The number of amides is 1. The third-order valence-corrected chi connectivity index (χ3v) is 3.48. The number of carbonyl (C=O) groups is 1. The van der Waals surface area contributed by atoms with Gasteiger partial charge in [-0.25, -0.2) is 0 Å². The highest BCUT2D eigenvalue weighted by Gasteiger charge is 2.31. The van der Waals surface area contributed by atoms with Crippen LogP contribution in [0.25, 0.3) is 0 Å². The lowest BCUT2D eigenvalue weighted by Crippen LogP contribution is -2.42. The molecule has 1 aromatic carbocycles. The van der Waals surface area contributed by atoms with Crippen molar-refractivity contribution in [3.05, 3.63) is 35.9 Å². The van der Waals surface area contributed by atoms with E-state index in [1.807, 2.05) is 30.0 Å². The van der Waals surface area contributed by atoms with Crippen LogP contribution in [0.2, 0.25) is 0 Å². The Hall–Kier alpha value is -1.35. The van der Waals surface area contributed by atoms with E-state index in [2.05, 4.69) is 12.1 Å². The molecule has 0 saturated carbocycles. The predicted molar refractivity (Wildman–Crippen MR) is 68.4 cm³/mol. The van der Waals surface area contributed by atoms with E-state index in [1.54, 1.807) is 0 Å². The third kappa shape index (κ3) is 2.50. The number of rotatable bonds is 3. The van der Waals surface area contributed by atoms with Crippen LogP contribution in [0.4, 0.5) is 0 Å². The van der Waals surface area contributed by atoms with Crippen molar-refractivity contribution in [3.63, 3.8) is 0 Å². The Labute approximate surface area is 103 Å². The lowest BCUT2D eigenvalue weighted by Gasteiger charge is -2.27. The molecule has 1 unspecified atom stereocenters. The maximum atomic E-state index is 12.2. The van der Waals surface area contributed by atoms with Crippen molar-refractivity contribution in [1.29, 1.82) is 0 Å². The Bertz CT molecular complexity index is 377. The number of nitrogens with zero attached hydrogens (tertiary/aromatic N) is 1. The number of hydrogen-bond acceptors (Lipinski definition) is 2. The summed E-state index contributed by atoms with van der Waals surface area (Å²) in [5.74, 6) is 0.0962. The molecule has 2 rings (SSSR count). The first-order valence-corrected chi connectivity index (χ1v) is 6.35. The minimum atomic E-state index is -0.348. The van der Waals surface area contributed by atoms with Gasteiger partial charge in [-0.2, -0.15) is 0 Å². The molecular formula is C14H20N2O. The topological polar surface area (TPSA) is 46.3 Å². The second kappa shape index (κ2) is 5.32. The lowest BCUT2D eigenvalue weighted by molar-refractivity contribution is -0.133. The van der Waals surface area contributed by atoms with E-state index < -0.39 is 0 Å². The number of nitrogens with two attached hydrogens (primary N) is 1. The fourth-order valence-corrected chi connectivity index (χ4v) is 2.44. The first-order chi connectivity index (χ1) is 8.24. The molecule has 3 nitrogen and oxygen atoms in total. The number of hydrogen-bond donors (Lipinski definition) is 1. The summed E-state index contributed by atoms with van der Waals surface area (Å²) in [6, 6.07) is 10.1. The van der Waals surface area contributed by atoms with E-state index >= 15 is 0 Å². The van der Waals surface area contributed by atoms with Gasteiger partial charge in [0.1, 0.15) is 0 Å². The zero-order valence-corrected chi connectivity index (χ0v) is 10.3. The molecule has 17 heavy (non-hydrogen) atoms. The van der Waals surface area contributed by atoms with Gasteiger partial charge in [0.2, 0.25) is 5.91 Å². The number of benzene rings is 1. The molecule has 0 aliphatic carbocycles. The van der Waals surface area contributed by atoms with Crippen LogP contribution in [-0.2, 0) is 4.79 Å². The van der Waals surface area contributed by atoms with Crippen molar-refractivity contribution >= 4 is 5.91 Å². The molecule has 1 aromatic rings. The van der Waals surface area contributed by atoms with Crippen LogP contribution in [0.5, 0.6) is 0 Å². The molecule has 2 atom stereocenters. The van der Waals surface area contributed by atoms with Gasteiger partial charge in [0.25, 0.3) is 0 Å². The van der Waals surface area contributed by atoms with Crippen LogP contribution in [0, 0.1) is 0 Å². The lowest BCUT2D eigenvalue weighted by atomic mass is 10.0. The minimum absolute atomic E-state index is 0.0962. The van der Waals surface area contributed by atoms with Crippen molar-refractivity contribution in [2.24, 2.45) is 5.73 Å². The molecule has 1 aliphatic rings. The second-order valence-electron chi connectivity index (χ2n) is 4.62. The number of carbonyl (C=O) groups excluding carboxylic acids is 1. The smallest absolute Gasteiger partial charge is 0.239 e. The Morgan fingerprint density at radius 3 is 2.82 bits per heavy atom. The van der Waals surface area contributed by atoms with Gasteiger partial charge in [-0.1, -0.05) is 37.3 Å². The maximum Gasteiger partial charge on any atom is 0.239 e. The molecule has 0 spiro atoms. The molecule has 3 heteroatoms. The Kier molecular flexibility index (Phi) is 3.79. The Morgan fingerprint density at radius 1 is 1.47 bits per heavy atom. The molecule has 92 valence electrons. The first-order valence-electron chi connectivity index (χ1n) is 6.35. The summed E-state index contributed by atoms with van der Waals surface area (Å²) in [6.07, 6.45) is 2.82. The minimum Gasteiger partial charge on any atom is -0.334 e. The van der Waals surface area contributed by atoms with Crippen molar-refractivity contribution in [3.8, 4) is 0 Å². The van der Waals surface area contributed by atoms with E-state index in [9.17, 15) is 4.79 Å². The highest BCUT2D eigenvalue weighted by Crippen LogP contribution is 2.32. The van der Waals surface area contributed by atoms with Gasteiger partial charge in [-0.3, -0.25) is 4.79 Å². The van der Waals surface area contributed by atoms with Crippen LogP contribution in [0.15, 0.2) is 30.3 Å². The second-order valence-corrected chi connectivity index (χ2v) is 4.62. The maximum absolute atomic E-state index is 12.2. The molecule has 1 saturated heterocycles. The van der Waals surface area contributed by atoms with Gasteiger partial charge in [-0.15, -0.1) is 0 Å². The Morgan fingerprint density at radius 2 is 2.18 bits per heavy atom. The standard InChI is InChI=1S/C14H20N2O/c1-2-12(15)14(17)16-10-6-9-13(16)11-7-4-3-5-8-11/h3-5,7-8,12-13H,2,6,9-10,15H2,1H3/t12-,13?/m1/s1. The molecule has 2 N–H and O–H groups in total. The summed E-state index contributed by atoms with van der Waals surface area (Å²) in [5.41, 5.74) is 7.07. The van der Waals surface area contributed by atoms with E-state index in [-0.39, 0.29) is 18.0 Å². The normalized spacial score (nSPS) is 21.5. The summed E-state index contributed by atoms with van der Waals surface area (Å²) in [5, 5.41) is 0.